The molecule has 0 heterocycles. The molecule has 0 fully saturated rings. The van der Waals surface area contributed by atoms with E-state index in [0.29, 0.717) is 12.1 Å². The topological polar surface area (TPSA) is 75.7 Å². The molecule has 0 spiro atoms. The van der Waals surface area contributed by atoms with Crippen LogP contribution >= 0.6 is 0 Å². The second kappa shape index (κ2) is 8.54. The highest BCUT2D eigenvalue weighted by Crippen LogP contribution is 2.27. The Morgan fingerprint density at radius 3 is 2.44 bits per heavy atom. The van der Waals surface area contributed by atoms with Crippen molar-refractivity contribution in [2.24, 2.45) is 0 Å². The van der Waals surface area contributed by atoms with E-state index in [-0.39, 0.29) is 16.8 Å². The molecule has 0 saturated heterocycles. The van der Waals surface area contributed by atoms with Crippen LogP contribution in [0, 0.1) is 6.92 Å². The van der Waals surface area contributed by atoms with Crippen LogP contribution in [0.15, 0.2) is 47.4 Å². The van der Waals surface area contributed by atoms with E-state index in [4.69, 9.17) is 4.74 Å². The Morgan fingerprint density at radius 2 is 1.85 bits per heavy atom. The van der Waals surface area contributed by atoms with Gasteiger partial charge in [0.05, 0.1) is 18.0 Å². The van der Waals surface area contributed by atoms with Crippen molar-refractivity contribution in [3.63, 3.8) is 0 Å². The monoisotopic (exact) mass is 390 g/mol. The fourth-order valence-electron chi connectivity index (χ4n) is 2.87. The molecule has 2 rings (SSSR count). The van der Waals surface area contributed by atoms with Gasteiger partial charge in [-0.3, -0.25) is 4.79 Å². The average molecular weight is 391 g/mol. The van der Waals surface area contributed by atoms with E-state index in [1.54, 1.807) is 20.1 Å². The third-order valence-electron chi connectivity index (χ3n) is 4.46. The number of sulfone groups is 1. The smallest absolute Gasteiger partial charge is 0.251 e. The summed E-state index contributed by atoms with van der Waals surface area (Å²) in [6, 6.07) is 12.2. The highest BCUT2D eigenvalue weighted by Gasteiger charge is 2.20. The summed E-state index contributed by atoms with van der Waals surface area (Å²) in [4.78, 5) is 14.8. The minimum atomic E-state index is -3.38. The van der Waals surface area contributed by atoms with Gasteiger partial charge in [0.25, 0.3) is 5.91 Å². The lowest BCUT2D eigenvalue weighted by molar-refractivity contribution is 0.0940. The van der Waals surface area contributed by atoms with Gasteiger partial charge < -0.3 is 15.0 Å². The molecule has 27 heavy (non-hydrogen) atoms. The van der Waals surface area contributed by atoms with Crippen molar-refractivity contribution in [1.82, 2.24) is 10.2 Å². The number of carbonyl (C=O) groups excluding carboxylic acids is 1. The van der Waals surface area contributed by atoms with Crippen molar-refractivity contribution in [2.45, 2.75) is 17.9 Å². The molecule has 0 radical (unpaired) electrons. The zero-order chi connectivity index (χ0) is 20.2. The van der Waals surface area contributed by atoms with E-state index in [2.05, 4.69) is 5.32 Å². The molecule has 0 aliphatic heterocycles. The Labute approximate surface area is 161 Å². The minimum absolute atomic E-state index is 0.0940. The number of benzene rings is 2. The van der Waals surface area contributed by atoms with Gasteiger partial charge in [0.1, 0.15) is 5.75 Å². The number of amides is 1. The lowest BCUT2D eigenvalue weighted by Gasteiger charge is -2.26. The highest BCUT2D eigenvalue weighted by atomic mass is 32.2. The van der Waals surface area contributed by atoms with Crippen molar-refractivity contribution < 1.29 is 17.9 Å². The number of likely N-dealkylation sites (N-methyl/N-ethyl adjacent to an activating group) is 1. The first-order chi connectivity index (χ1) is 12.6. The quantitative estimate of drug-likeness (QED) is 0.786. The number of aryl methyl sites for hydroxylation is 1. The van der Waals surface area contributed by atoms with Gasteiger partial charge in [-0.1, -0.05) is 24.3 Å². The summed E-state index contributed by atoms with van der Waals surface area (Å²) < 4.78 is 29.0. The third kappa shape index (κ3) is 5.08. The predicted octanol–water partition coefficient (Wildman–Crippen LogP) is 2.44. The first kappa shape index (κ1) is 20.9. The van der Waals surface area contributed by atoms with E-state index in [1.165, 1.54) is 12.1 Å². The molecule has 146 valence electrons. The Kier molecular flexibility index (Phi) is 6.62. The average Bonchev–Trinajstić information content (AvgIpc) is 2.61. The third-order valence-corrected chi connectivity index (χ3v) is 5.57. The number of hydrogen-bond acceptors (Lipinski definition) is 5. The Balaban J connectivity index is 2.25. The fourth-order valence-corrected chi connectivity index (χ4v) is 3.52. The number of methoxy groups -OCH3 is 1. The highest BCUT2D eigenvalue weighted by molar-refractivity contribution is 7.90. The standard InChI is InChI=1S/C20H26N2O4S/c1-14-10-11-15(27(5,24)25)12-17(14)20(23)21-13-18(22(2)3)16-8-6-7-9-19(16)26-4/h6-12,18H,13H2,1-5H3,(H,21,23). The van der Waals surface area contributed by atoms with Crippen LogP contribution in [-0.2, 0) is 9.84 Å². The van der Waals surface area contributed by atoms with Crippen molar-refractivity contribution in [3.05, 3.63) is 59.2 Å². The zero-order valence-electron chi connectivity index (χ0n) is 16.3. The summed E-state index contributed by atoms with van der Waals surface area (Å²) in [6.45, 7) is 2.14. The second-order valence-corrected chi connectivity index (χ2v) is 8.70. The summed E-state index contributed by atoms with van der Waals surface area (Å²) in [5.41, 5.74) is 2.04. The van der Waals surface area contributed by atoms with Crippen molar-refractivity contribution >= 4 is 15.7 Å². The Morgan fingerprint density at radius 1 is 1.19 bits per heavy atom. The maximum absolute atomic E-state index is 12.7. The summed E-state index contributed by atoms with van der Waals surface area (Å²) in [6.07, 6.45) is 1.13. The number of hydrogen-bond donors (Lipinski definition) is 1. The van der Waals surface area contributed by atoms with Crippen LogP contribution in [0.4, 0.5) is 0 Å². The molecule has 7 heteroatoms. The number of para-hydroxylation sites is 1. The maximum atomic E-state index is 12.7. The molecule has 0 aromatic heterocycles. The molecule has 0 aliphatic rings. The summed E-state index contributed by atoms with van der Waals surface area (Å²) in [5.74, 6) is 0.445. The molecule has 1 atom stereocenters. The predicted molar refractivity (Wildman–Crippen MR) is 106 cm³/mol. The molecule has 1 amide bonds. The molecular weight excluding hydrogens is 364 g/mol. The SMILES string of the molecule is COc1ccccc1C(CNC(=O)c1cc(S(C)(=O)=O)ccc1C)N(C)C. The Hall–Kier alpha value is -2.38. The van der Waals surface area contributed by atoms with Crippen molar-refractivity contribution in [3.8, 4) is 5.75 Å². The lowest BCUT2D eigenvalue weighted by atomic mass is 10.0. The van der Waals surface area contributed by atoms with Gasteiger partial charge in [0, 0.05) is 23.9 Å². The van der Waals surface area contributed by atoms with Crippen LogP contribution < -0.4 is 10.1 Å². The van der Waals surface area contributed by atoms with Gasteiger partial charge in [0.15, 0.2) is 9.84 Å². The van der Waals surface area contributed by atoms with Crippen LogP contribution in [-0.4, -0.2) is 53.2 Å². The van der Waals surface area contributed by atoms with E-state index >= 15 is 0 Å². The molecule has 2 aromatic carbocycles. The molecule has 0 bridgehead atoms. The molecule has 0 saturated carbocycles. The number of ether oxygens (including phenoxy) is 1. The zero-order valence-corrected chi connectivity index (χ0v) is 17.1. The Bertz CT molecular complexity index is 923. The molecule has 2 aromatic rings. The van der Waals surface area contributed by atoms with Crippen LogP contribution in [0.25, 0.3) is 0 Å². The van der Waals surface area contributed by atoms with Gasteiger partial charge >= 0.3 is 0 Å². The minimum Gasteiger partial charge on any atom is -0.496 e. The first-order valence-corrected chi connectivity index (χ1v) is 10.4. The van der Waals surface area contributed by atoms with Crippen LogP contribution in [0.2, 0.25) is 0 Å². The van der Waals surface area contributed by atoms with Gasteiger partial charge in [-0.05, 0) is 44.8 Å². The van der Waals surface area contributed by atoms with Crippen LogP contribution in [0.5, 0.6) is 5.75 Å². The number of carbonyl (C=O) groups is 1. The number of nitrogens with one attached hydrogen (secondary N) is 1. The molecule has 6 nitrogen and oxygen atoms in total. The second-order valence-electron chi connectivity index (χ2n) is 6.68. The first-order valence-electron chi connectivity index (χ1n) is 8.53. The molecular formula is C20H26N2O4S. The van der Waals surface area contributed by atoms with E-state index in [0.717, 1.165) is 23.1 Å². The lowest BCUT2D eigenvalue weighted by Crippen LogP contribution is -2.35. The maximum Gasteiger partial charge on any atom is 0.251 e. The number of rotatable bonds is 7. The van der Waals surface area contributed by atoms with Crippen molar-refractivity contribution in [2.75, 3.05) is 34.0 Å². The normalized spacial score (nSPS) is 12.7. The van der Waals surface area contributed by atoms with Gasteiger partial charge in [0.2, 0.25) is 0 Å². The molecule has 1 unspecified atom stereocenters. The molecule has 1 N–H and O–H groups in total. The van der Waals surface area contributed by atoms with Gasteiger partial charge in [-0.2, -0.15) is 0 Å². The van der Waals surface area contributed by atoms with Crippen LogP contribution in [0.3, 0.4) is 0 Å². The van der Waals surface area contributed by atoms with Gasteiger partial charge in [-0.15, -0.1) is 0 Å². The summed E-state index contributed by atoms with van der Waals surface area (Å²) in [5, 5.41) is 2.92. The van der Waals surface area contributed by atoms with E-state index < -0.39 is 9.84 Å². The van der Waals surface area contributed by atoms with Gasteiger partial charge in [-0.25, -0.2) is 8.42 Å². The van der Waals surface area contributed by atoms with E-state index in [9.17, 15) is 13.2 Å². The summed E-state index contributed by atoms with van der Waals surface area (Å²) in [7, 11) is 2.10. The summed E-state index contributed by atoms with van der Waals surface area (Å²) >= 11 is 0. The molecule has 0 aliphatic carbocycles. The number of nitrogens with zero attached hydrogens (tertiary/aromatic N) is 1. The largest absolute Gasteiger partial charge is 0.496 e. The fraction of sp³-hybridized carbons (Fsp3) is 0.350. The van der Waals surface area contributed by atoms with E-state index in [1.807, 2.05) is 43.3 Å². The van der Waals surface area contributed by atoms with Crippen molar-refractivity contribution in [1.29, 1.82) is 0 Å². The van der Waals surface area contributed by atoms with Crippen LogP contribution in [0.1, 0.15) is 27.5 Å².